The number of fused-ring (bicyclic) bond motifs is 1. The quantitative estimate of drug-likeness (QED) is 0.925. The number of nitrogens with zero attached hydrogens (tertiary/aromatic N) is 1. The second-order valence-electron chi connectivity index (χ2n) is 6.81. The zero-order valence-corrected chi connectivity index (χ0v) is 12.9. The summed E-state index contributed by atoms with van der Waals surface area (Å²) in [7, 11) is 0. The maximum atomic E-state index is 12.4. The zero-order chi connectivity index (χ0) is 14.8. The molecule has 0 bridgehead atoms. The van der Waals surface area contributed by atoms with Crippen LogP contribution >= 0.6 is 0 Å². The number of carbonyl (C=O) groups excluding carboxylic acids is 1. The van der Waals surface area contributed by atoms with E-state index in [9.17, 15) is 4.79 Å². The first-order valence-corrected chi connectivity index (χ1v) is 8.23. The van der Waals surface area contributed by atoms with Crippen molar-refractivity contribution in [1.29, 1.82) is 0 Å². The lowest BCUT2D eigenvalue weighted by atomic mass is 9.96. The summed E-state index contributed by atoms with van der Waals surface area (Å²) >= 11 is 0. The van der Waals surface area contributed by atoms with E-state index in [1.165, 1.54) is 12.0 Å². The molecule has 1 aromatic rings. The van der Waals surface area contributed by atoms with Crippen molar-refractivity contribution in [3.05, 3.63) is 35.9 Å². The summed E-state index contributed by atoms with van der Waals surface area (Å²) in [6.07, 6.45) is 3.93. The van der Waals surface area contributed by atoms with Gasteiger partial charge in [-0.2, -0.15) is 0 Å². The van der Waals surface area contributed by atoms with Crippen molar-refractivity contribution in [3.8, 4) is 0 Å². The van der Waals surface area contributed by atoms with E-state index in [1.807, 2.05) is 6.07 Å². The van der Waals surface area contributed by atoms with Crippen LogP contribution in [0.15, 0.2) is 30.3 Å². The summed E-state index contributed by atoms with van der Waals surface area (Å²) in [4.78, 5) is 14.5. The molecule has 0 radical (unpaired) electrons. The van der Waals surface area contributed by atoms with Crippen LogP contribution in [0.2, 0.25) is 0 Å². The van der Waals surface area contributed by atoms with Gasteiger partial charge in [-0.05, 0) is 42.6 Å². The molecule has 4 atom stereocenters. The van der Waals surface area contributed by atoms with Crippen LogP contribution in [0.3, 0.4) is 0 Å². The molecular formula is C18H26N2O. The van der Waals surface area contributed by atoms with Gasteiger partial charge in [-0.3, -0.25) is 4.79 Å². The fourth-order valence-electron chi connectivity index (χ4n) is 3.96. The van der Waals surface area contributed by atoms with Crippen molar-refractivity contribution in [3.63, 3.8) is 0 Å². The number of hydrogen-bond donors (Lipinski definition) is 1. The zero-order valence-electron chi connectivity index (χ0n) is 12.9. The minimum absolute atomic E-state index is 0.316. The van der Waals surface area contributed by atoms with E-state index < -0.39 is 0 Å². The van der Waals surface area contributed by atoms with Crippen molar-refractivity contribution in [2.45, 2.75) is 44.6 Å². The lowest BCUT2D eigenvalue weighted by Crippen LogP contribution is -2.33. The Balaban J connectivity index is 1.49. The lowest BCUT2D eigenvalue weighted by Gasteiger charge is -2.20. The third-order valence-corrected chi connectivity index (χ3v) is 5.42. The van der Waals surface area contributed by atoms with E-state index in [0.717, 1.165) is 25.9 Å². The highest BCUT2D eigenvalue weighted by Gasteiger charge is 2.42. The van der Waals surface area contributed by atoms with Gasteiger partial charge in [0.05, 0.1) is 0 Å². The minimum atomic E-state index is 0.316. The summed E-state index contributed by atoms with van der Waals surface area (Å²) < 4.78 is 0. The summed E-state index contributed by atoms with van der Waals surface area (Å²) in [6, 6.07) is 10.8. The Hall–Kier alpha value is -1.35. The van der Waals surface area contributed by atoms with Gasteiger partial charge in [0, 0.05) is 25.6 Å². The molecule has 4 unspecified atom stereocenters. The van der Waals surface area contributed by atoms with Crippen molar-refractivity contribution in [1.82, 2.24) is 4.90 Å². The van der Waals surface area contributed by atoms with E-state index in [2.05, 4.69) is 36.1 Å². The highest BCUT2D eigenvalue weighted by molar-refractivity contribution is 5.76. The molecule has 1 saturated heterocycles. The van der Waals surface area contributed by atoms with Gasteiger partial charge >= 0.3 is 0 Å². The largest absolute Gasteiger partial charge is 0.342 e. The number of hydrogen-bond acceptors (Lipinski definition) is 2. The molecule has 2 aliphatic rings. The fourth-order valence-corrected chi connectivity index (χ4v) is 3.96. The maximum absolute atomic E-state index is 12.4. The molecule has 2 N–H and O–H groups in total. The van der Waals surface area contributed by atoms with E-state index in [-0.39, 0.29) is 0 Å². The number of nitrogens with two attached hydrogens (primary N) is 1. The molecule has 114 valence electrons. The van der Waals surface area contributed by atoms with Gasteiger partial charge < -0.3 is 10.6 Å². The number of carbonyl (C=O) groups is 1. The van der Waals surface area contributed by atoms with Crippen molar-refractivity contribution >= 4 is 5.91 Å². The Labute approximate surface area is 127 Å². The van der Waals surface area contributed by atoms with Gasteiger partial charge in [0.15, 0.2) is 0 Å². The molecule has 21 heavy (non-hydrogen) atoms. The average Bonchev–Trinajstić information content (AvgIpc) is 3.08. The molecule has 3 heteroatoms. The molecule has 1 aliphatic carbocycles. The topological polar surface area (TPSA) is 46.3 Å². The molecule has 1 saturated carbocycles. The van der Waals surface area contributed by atoms with Crippen molar-refractivity contribution < 1.29 is 4.79 Å². The number of likely N-dealkylation sites (tertiary alicyclic amines) is 1. The normalized spacial score (nSPS) is 29.4. The van der Waals surface area contributed by atoms with Gasteiger partial charge in [-0.15, -0.1) is 0 Å². The molecule has 1 aliphatic heterocycles. The minimum Gasteiger partial charge on any atom is -0.342 e. The molecule has 3 nitrogen and oxygen atoms in total. The molecular weight excluding hydrogens is 260 g/mol. The highest BCUT2D eigenvalue weighted by Crippen LogP contribution is 2.37. The molecule has 0 aromatic heterocycles. The Morgan fingerprint density at radius 2 is 2.05 bits per heavy atom. The van der Waals surface area contributed by atoms with Crippen LogP contribution in [0.25, 0.3) is 0 Å². The standard InChI is InChI=1S/C18H26N2O/c1-13(14-5-3-2-4-6-14)7-10-18(21)20-11-15-8-9-17(19)16(15)12-20/h2-6,13,15-17H,7-12,19H2,1H3. The first kappa shape index (κ1) is 14.6. The predicted octanol–water partition coefficient (Wildman–Crippen LogP) is 2.77. The van der Waals surface area contributed by atoms with Crippen LogP contribution in [-0.4, -0.2) is 29.9 Å². The Morgan fingerprint density at radius 3 is 2.76 bits per heavy atom. The van der Waals surface area contributed by atoms with Gasteiger partial charge in [-0.1, -0.05) is 37.3 Å². The third kappa shape index (κ3) is 3.13. The van der Waals surface area contributed by atoms with Crippen LogP contribution < -0.4 is 5.73 Å². The van der Waals surface area contributed by atoms with Crippen molar-refractivity contribution in [2.24, 2.45) is 17.6 Å². The van der Waals surface area contributed by atoms with Gasteiger partial charge in [0.1, 0.15) is 0 Å². The van der Waals surface area contributed by atoms with Crippen LogP contribution in [0.1, 0.15) is 44.1 Å². The van der Waals surface area contributed by atoms with Crippen LogP contribution in [0.4, 0.5) is 0 Å². The first-order valence-electron chi connectivity index (χ1n) is 8.23. The Kier molecular flexibility index (Phi) is 4.29. The average molecular weight is 286 g/mol. The van der Waals surface area contributed by atoms with E-state index in [4.69, 9.17) is 5.73 Å². The molecule has 0 spiro atoms. The van der Waals surface area contributed by atoms with Gasteiger partial charge in [-0.25, -0.2) is 0 Å². The summed E-state index contributed by atoms with van der Waals surface area (Å²) in [5, 5.41) is 0. The van der Waals surface area contributed by atoms with E-state index >= 15 is 0 Å². The second kappa shape index (κ2) is 6.18. The highest BCUT2D eigenvalue weighted by atomic mass is 16.2. The first-order chi connectivity index (χ1) is 10.1. The lowest BCUT2D eigenvalue weighted by molar-refractivity contribution is -0.130. The predicted molar refractivity (Wildman–Crippen MR) is 84.9 cm³/mol. The van der Waals surface area contributed by atoms with Gasteiger partial charge in [0.2, 0.25) is 5.91 Å². The monoisotopic (exact) mass is 286 g/mol. The van der Waals surface area contributed by atoms with E-state index in [0.29, 0.717) is 36.1 Å². The SMILES string of the molecule is CC(CCC(=O)N1CC2CCC(N)C2C1)c1ccccc1. The smallest absolute Gasteiger partial charge is 0.222 e. The number of benzene rings is 1. The van der Waals surface area contributed by atoms with E-state index in [1.54, 1.807) is 0 Å². The summed E-state index contributed by atoms with van der Waals surface area (Å²) in [6.45, 7) is 4.04. The number of amides is 1. The second-order valence-corrected chi connectivity index (χ2v) is 6.81. The summed E-state index contributed by atoms with van der Waals surface area (Å²) in [5.41, 5.74) is 7.47. The summed E-state index contributed by atoms with van der Waals surface area (Å²) in [5.74, 6) is 1.98. The van der Waals surface area contributed by atoms with Crippen LogP contribution in [0.5, 0.6) is 0 Å². The molecule has 1 aromatic carbocycles. The Bertz CT molecular complexity index is 487. The third-order valence-electron chi connectivity index (χ3n) is 5.42. The molecule has 3 rings (SSSR count). The maximum Gasteiger partial charge on any atom is 0.222 e. The van der Waals surface area contributed by atoms with Crippen LogP contribution in [0, 0.1) is 11.8 Å². The van der Waals surface area contributed by atoms with Crippen LogP contribution in [-0.2, 0) is 4.79 Å². The molecule has 2 fully saturated rings. The van der Waals surface area contributed by atoms with Gasteiger partial charge in [0.25, 0.3) is 0 Å². The Morgan fingerprint density at radius 1 is 1.29 bits per heavy atom. The molecule has 1 heterocycles. The molecule has 1 amide bonds. The van der Waals surface area contributed by atoms with Crippen molar-refractivity contribution in [2.75, 3.05) is 13.1 Å². The fraction of sp³-hybridized carbons (Fsp3) is 0.611. The number of rotatable bonds is 4.